The Morgan fingerprint density at radius 2 is 1.94 bits per heavy atom. The molecular formula is C23H24FN7O. The molecule has 32 heavy (non-hydrogen) atoms. The fraction of sp³-hybridized carbons (Fsp3) is 0.261. The topological polar surface area (TPSA) is 105 Å². The Bertz CT molecular complexity index is 1240. The maximum absolute atomic E-state index is 14.8. The summed E-state index contributed by atoms with van der Waals surface area (Å²) in [5.74, 6) is 0.876. The minimum absolute atomic E-state index is 0.122. The number of nitrogens with zero attached hydrogens (tertiary/aromatic N) is 4. The number of hydrogen-bond acceptors (Lipinski definition) is 7. The van der Waals surface area contributed by atoms with E-state index >= 15 is 0 Å². The second-order valence-corrected chi connectivity index (χ2v) is 7.86. The molecule has 4 aromatic rings. The van der Waals surface area contributed by atoms with E-state index in [0.717, 1.165) is 30.7 Å². The molecular weight excluding hydrogens is 409 g/mol. The Balaban J connectivity index is 1.31. The molecule has 0 saturated carbocycles. The molecule has 1 aliphatic rings. The third kappa shape index (κ3) is 4.47. The highest BCUT2D eigenvalue weighted by Crippen LogP contribution is 2.31. The van der Waals surface area contributed by atoms with Gasteiger partial charge in [0.1, 0.15) is 17.2 Å². The first kappa shape index (κ1) is 20.2. The molecule has 0 radical (unpaired) electrons. The van der Waals surface area contributed by atoms with Crippen molar-refractivity contribution < 1.29 is 9.13 Å². The van der Waals surface area contributed by atoms with Gasteiger partial charge in [0, 0.05) is 36.8 Å². The molecule has 1 fully saturated rings. The summed E-state index contributed by atoms with van der Waals surface area (Å²) in [5, 5.41) is 3.90. The first-order valence-electron chi connectivity index (χ1n) is 10.7. The Morgan fingerprint density at radius 3 is 2.78 bits per heavy atom. The van der Waals surface area contributed by atoms with Gasteiger partial charge in [-0.05, 0) is 50.2 Å². The predicted molar refractivity (Wildman–Crippen MR) is 121 cm³/mol. The molecule has 164 valence electrons. The molecule has 0 bridgehead atoms. The Hall–Kier alpha value is -3.72. The summed E-state index contributed by atoms with van der Waals surface area (Å²) < 4.78 is 20.6. The van der Waals surface area contributed by atoms with E-state index in [9.17, 15) is 4.39 Å². The first-order chi connectivity index (χ1) is 15.6. The maximum Gasteiger partial charge on any atom is 0.222 e. The molecule has 0 unspecified atom stereocenters. The van der Waals surface area contributed by atoms with Crippen LogP contribution in [0.25, 0.3) is 11.0 Å². The number of fused-ring (bicyclic) bond motifs is 1. The van der Waals surface area contributed by atoms with Crippen molar-refractivity contribution in [2.45, 2.75) is 25.8 Å². The van der Waals surface area contributed by atoms with Gasteiger partial charge in [-0.25, -0.2) is 14.4 Å². The molecule has 4 N–H and O–H groups in total. The van der Waals surface area contributed by atoms with Crippen molar-refractivity contribution in [2.75, 3.05) is 24.1 Å². The maximum atomic E-state index is 14.8. The quantitative estimate of drug-likeness (QED) is 0.408. The van der Waals surface area contributed by atoms with Crippen LogP contribution in [0, 0.1) is 5.82 Å². The van der Waals surface area contributed by atoms with Crippen LogP contribution in [0.3, 0.4) is 0 Å². The number of anilines is 3. The lowest BCUT2D eigenvalue weighted by molar-refractivity contribution is 0.218. The van der Waals surface area contributed by atoms with Crippen LogP contribution in [-0.2, 0) is 6.54 Å². The fourth-order valence-electron chi connectivity index (χ4n) is 3.96. The summed E-state index contributed by atoms with van der Waals surface area (Å²) in [4.78, 5) is 18.2. The SMILES string of the molecule is Nc1nc(CN2CCCCC2)cc(Nc2ccc(Oc3ccnc4[nH]ccc34)c(F)c2)n1. The summed E-state index contributed by atoms with van der Waals surface area (Å²) in [5.41, 5.74) is 7.98. The van der Waals surface area contributed by atoms with Gasteiger partial charge in [-0.1, -0.05) is 6.42 Å². The lowest BCUT2D eigenvalue weighted by Crippen LogP contribution is -2.29. The van der Waals surface area contributed by atoms with Gasteiger partial charge in [0.05, 0.1) is 11.1 Å². The number of benzene rings is 1. The summed E-state index contributed by atoms with van der Waals surface area (Å²) in [7, 11) is 0. The minimum atomic E-state index is -0.494. The minimum Gasteiger partial charge on any atom is -0.453 e. The molecule has 3 aromatic heterocycles. The van der Waals surface area contributed by atoms with Gasteiger partial charge in [-0.2, -0.15) is 4.98 Å². The number of piperidine rings is 1. The summed E-state index contributed by atoms with van der Waals surface area (Å²) in [6, 6.07) is 10.1. The third-order valence-corrected chi connectivity index (χ3v) is 5.48. The molecule has 1 aromatic carbocycles. The van der Waals surface area contributed by atoms with E-state index in [0.29, 0.717) is 22.9 Å². The van der Waals surface area contributed by atoms with E-state index in [1.807, 2.05) is 12.1 Å². The van der Waals surface area contributed by atoms with Crippen molar-refractivity contribution in [3.05, 3.63) is 60.3 Å². The Labute approximate surface area is 184 Å². The molecule has 8 nitrogen and oxygen atoms in total. The predicted octanol–water partition coefficient (Wildman–Crippen LogP) is 4.60. The van der Waals surface area contributed by atoms with E-state index < -0.39 is 5.82 Å². The van der Waals surface area contributed by atoms with E-state index in [4.69, 9.17) is 10.5 Å². The summed E-state index contributed by atoms with van der Waals surface area (Å²) in [6.45, 7) is 2.85. The lowest BCUT2D eigenvalue weighted by atomic mass is 10.1. The summed E-state index contributed by atoms with van der Waals surface area (Å²) >= 11 is 0. The van der Waals surface area contributed by atoms with E-state index in [-0.39, 0.29) is 11.7 Å². The van der Waals surface area contributed by atoms with Crippen LogP contribution in [0.2, 0.25) is 0 Å². The van der Waals surface area contributed by atoms with Crippen molar-refractivity contribution in [1.29, 1.82) is 0 Å². The number of halogens is 1. The highest BCUT2D eigenvalue weighted by molar-refractivity contribution is 5.82. The molecule has 0 amide bonds. The number of nitrogens with two attached hydrogens (primary N) is 1. The zero-order valence-electron chi connectivity index (χ0n) is 17.5. The van der Waals surface area contributed by atoms with Crippen molar-refractivity contribution in [1.82, 2.24) is 24.8 Å². The van der Waals surface area contributed by atoms with Crippen LogP contribution in [0.15, 0.2) is 48.8 Å². The third-order valence-electron chi connectivity index (χ3n) is 5.48. The Morgan fingerprint density at radius 1 is 1.06 bits per heavy atom. The number of ether oxygens (including phenoxy) is 1. The van der Waals surface area contributed by atoms with Gasteiger partial charge in [0.25, 0.3) is 0 Å². The monoisotopic (exact) mass is 433 g/mol. The number of aromatic amines is 1. The van der Waals surface area contributed by atoms with E-state index in [1.165, 1.54) is 25.3 Å². The second-order valence-electron chi connectivity index (χ2n) is 7.86. The molecule has 9 heteroatoms. The largest absolute Gasteiger partial charge is 0.453 e. The average molecular weight is 433 g/mol. The number of nitrogens with one attached hydrogen (secondary N) is 2. The number of pyridine rings is 1. The van der Waals surface area contributed by atoms with Crippen molar-refractivity contribution >= 4 is 28.5 Å². The highest BCUT2D eigenvalue weighted by Gasteiger charge is 2.14. The highest BCUT2D eigenvalue weighted by atomic mass is 19.1. The molecule has 1 aliphatic heterocycles. The van der Waals surface area contributed by atoms with Crippen LogP contribution >= 0.6 is 0 Å². The van der Waals surface area contributed by atoms with Crippen LogP contribution in [0.1, 0.15) is 25.0 Å². The van der Waals surface area contributed by atoms with E-state index in [1.54, 1.807) is 30.6 Å². The van der Waals surface area contributed by atoms with Gasteiger partial charge in [-0.3, -0.25) is 4.90 Å². The Kier molecular flexibility index (Phi) is 5.55. The number of hydrogen-bond donors (Lipinski definition) is 3. The lowest BCUT2D eigenvalue weighted by Gasteiger charge is -2.26. The van der Waals surface area contributed by atoms with Gasteiger partial charge < -0.3 is 20.8 Å². The van der Waals surface area contributed by atoms with Crippen molar-refractivity contribution in [3.63, 3.8) is 0 Å². The smallest absolute Gasteiger partial charge is 0.222 e. The summed E-state index contributed by atoms with van der Waals surface area (Å²) in [6.07, 6.45) is 7.06. The number of likely N-dealkylation sites (tertiary alicyclic amines) is 1. The number of aromatic nitrogens is 4. The number of nitrogen functional groups attached to an aromatic ring is 1. The van der Waals surface area contributed by atoms with Gasteiger partial charge in [-0.15, -0.1) is 0 Å². The average Bonchev–Trinajstić information content (AvgIpc) is 3.26. The van der Waals surface area contributed by atoms with Crippen LogP contribution in [0.4, 0.5) is 21.8 Å². The molecule has 1 saturated heterocycles. The fourth-order valence-corrected chi connectivity index (χ4v) is 3.96. The first-order valence-corrected chi connectivity index (χ1v) is 10.7. The normalized spacial score (nSPS) is 14.5. The standard InChI is InChI=1S/C23H24FN7O/c24-18-12-15(4-5-20(18)32-19-7-9-27-22-17(19)6-8-26-22)28-21-13-16(29-23(25)30-21)14-31-10-2-1-3-11-31/h4-9,12-13H,1-3,10-11,14H2,(H,26,27)(H3,25,28,29,30). The van der Waals surface area contributed by atoms with Gasteiger partial charge in [0.2, 0.25) is 5.95 Å². The second kappa shape index (κ2) is 8.80. The van der Waals surface area contributed by atoms with Gasteiger partial charge >= 0.3 is 0 Å². The van der Waals surface area contributed by atoms with Crippen LogP contribution < -0.4 is 15.8 Å². The number of rotatable bonds is 6. The van der Waals surface area contributed by atoms with Crippen LogP contribution in [-0.4, -0.2) is 37.9 Å². The molecule has 0 aliphatic carbocycles. The van der Waals surface area contributed by atoms with Crippen molar-refractivity contribution in [3.8, 4) is 11.5 Å². The molecule has 0 atom stereocenters. The van der Waals surface area contributed by atoms with Crippen molar-refractivity contribution in [2.24, 2.45) is 0 Å². The van der Waals surface area contributed by atoms with E-state index in [2.05, 4.69) is 30.2 Å². The molecule has 0 spiro atoms. The molecule has 5 rings (SSSR count). The van der Waals surface area contributed by atoms with Gasteiger partial charge in [0.15, 0.2) is 11.6 Å². The molecule has 4 heterocycles. The zero-order chi connectivity index (χ0) is 21.9. The number of H-pyrrole nitrogens is 1. The van der Waals surface area contributed by atoms with Crippen LogP contribution in [0.5, 0.6) is 11.5 Å². The zero-order valence-corrected chi connectivity index (χ0v) is 17.5.